The highest BCUT2D eigenvalue weighted by Crippen LogP contribution is 2.63. The fourth-order valence-corrected chi connectivity index (χ4v) is 6.52. The van der Waals surface area contributed by atoms with Crippen molar-refractivity contribution in [3.05, 3.63) is 40.5 Å². The number of nitrogens with one attached hydrogen (secondary N) is 2. The van der Waals surface area contributed by atoms with E-state index < -0.39 is 28.8 Å². The highest BCUT2D eigenvalue weighted by molar-refractivity contribution is 5.91. The largest absolute Gasteiger partial charge is 0.508 e. The monoisotopic (exact) mass is 473 g/mol. The van der Waals surface area contributed by atoms with Gasteiger partial charge in [0.1, 0.15) is 17.0 Å². The first-order chi connectivity index (χ1) is 16.1. The maximum absolute atomic E-state index is 16.3. The smallest absolute Gasteiger partial charge is 0.417 e. The molecule has 4 atom stereocenters. The van der Waals surface area contributed by atoms with Gasteiger partial charge < -0.3 is 15.7 Å². The third-order valence-electron chi connectivity index (χ3n) is 8.07. The number of aryl methyl sites for hydroxylation is 1. The van der Waals surface area contributed by atoms with Crippen LogP contribution in [-0.2, 0) is 6.18 Å². The molecule has 0 amide bonds. The van der Waals surface area contributed by atoms with Crippen LogP contribution in [0.1, 0.15) is 60.3 Å². The predicted octanol–water partition coefficient (Wildman–Crippen LogP) is 4.32. The summed E-state index contributed by atoms with van der Waals surface area (Å²) in [6.45, 7) is 4.79. The Kier molecular flexibility index (Phi) is 3.81. The van der Waals surface area contributed by atoms with Crippen LogP contribution in [-0.4, -0.2) is 38.5 Å². The Morgan fingerprint density at radius 3 is 2.68 bits per heavy atom. The predicted molar refractivity (Wildman–Crippen MR) is 116 cm³/mol. The van der Waals surface area contributed by atoms with Crippen LogP contribution >= 0.6 is 0 Å². The molecule has 3 fully saturated rings. The number of phenolic OH excluding ortho intramolecular Hbond substituents is 1. The lowest BCUT2D eigenvalue weighted by atomic mass is 9.96. The van der Waals surface area contributed by atoms with E-state index in [1.165, 1.54) is 6.92 Å². The minimum atomic E-state index is -4.74. The Labute approximate surface area is 192 Å². The molecule has 10 heteroatoms. The van der Waals surface area contributed by atoms with Crippen molar-refractivity contribution < 1.29 is 22.7 Å². The van der Waals surface area contributed by atoms with Crippen LogP contribution in [0.15, 0.2) is 12.1 Å². The minimum Gasteiger partial charge on any atom is -0.508 e. The van der Waals surface area contributed by atoms with Crippen LogP contribution < -0.4 is 10.6 Å². The normalized spacial score (nSPS) is 29.8. The number of nitrogens with zero attached hydrogens (tertiary/aromatic N) is 3. The summed E-state index contributed by atoms with van der Waals surface area (Å²) in [5.41, 5.74) is -0.665. The Bertz CT molecular complexity index is 1390. The van der Waals surface area contributed by atoms with Gasteiger partial charge in [0.2, 0.25) is 0 Å². The molecule has 4 aliphatic rings. The van der Waals surface area contributed by atoms with Crippen molar-refractivity contribution in [1.29, 1.82) is 0 Å². The first-order valence-electron chi connectivity index (χ1n) is 11.6. The minimum absolute atomic E-state index is 0.0391. The molecule has 2 unspecified atom stereocenters. The summed E-state index contributed by atoms with van der Waals surface area (Å²) < 4.78 is 60.1. The SMILES string of the molecule is Cc1cc(O)cc(-c2nc3c4c(nn(C5CC5)c4c2F)C2[C@H]4CNC[C@@]24NC3C)c1C(F)(F)F. The van der Waals surface area contributed by atoms with Gasteiger partial charge in [0, 0.05) is 47.5 Å². The topological polar surface area (TPSA) is 75.0 Å². The number of aromatic hydroxyl groups is 1. The molecule has 3 N–H and O–H groups in total. The lowest BCUT2D eigenvalue weighted by Crippen LogP contribution is -2.40. The molecular formula is C24H23F4N5O. The summed E-state index contributed by atoms with van der Waals surface area (Å²) >= 11 is 0. The van der Waals surface area contributed by atoms with Crippen LogP contribution in [0.2, 0.25) is 0 Å². The van der Waals surface area contributed by atoms with E-state index in [1.807, 2.05) is 6.92 Å². The van der Waals surface area contributed by atoms with Gasteiger partial charge in [0.25, 0.3) is 0 Å². The summed E-state index contributed by atoms with van der Waals surface area (Å²) in [7, 11) is 0. The van der Waals surface area contributed by atoms with Crippen molar-refractivity contribution in [2.45, 2.75) is 56.4 Å². The number of piperidine rings is 1. The highest BCUT2D eigenvalue weighted by atomic mass is 19.4. The van der Waals surface area contributed by atoms with E-state index in [9.17, 15) is 18.3 Å². The second-order valence-electron chi connectivity index (χ2n) is 10.2. The van der Waals surface area contributed by atoms with Crippen molar-refractivity contribution in [2.75, 3.05) is 13.1 Å². The van der Waals surface area contributed by atoms with Crippen molar-refractivity contribution in [3.8, 4) is 17.0 Å². The molecule has 2 aromatic heterocycles. The Morgan fingerprint density at radius 2 is 1.97 bits per heavy atom. The van der Waals surface area contributed by atoms with E-state index in [0.29, 0.717) is 17.0 Å². The average molecular weight is 473 g/mol. The molecule has 0 bridgehead atoms. The lowest BCUT2D eigenvalue weighted by Gasteiger charge is -2.22. The molecule has 34 heavy (non-hydrogen) atoms. The Balaban J connectivity index is 1.56. The van der Waals surface area contributed by atoms with Gasteiger partial charge in [0.15, 0.2) is 5.82 Å². The number of hydrogen-bond donors (Lipinski definition) is 3. The summed E-state index contributed by atoms with van der Waals surface area (Å²) in [5, 5.41) is 22.7. The molecule has 2 aliphatic heterocycles. The third-order valence-corrected chi connectivity index (χ3v) is 8.07. The van der Waals surface area contributed by atoms with Gasteiger partial charge in [-0.1, -0.05) is 0 Å². The lowest BCUT2D eigenvalue weighted by molar-refractivity contribution is -0.137. The zero-order valence-corrected chi connectivity index (χ0v) is 18.6. The van der Waals surface area contributed by atoms with Crippen LogP contribution in [0, 0.1) is 18.7 Å². The van der Waals surface area contributed by atoms with Crippen LogP contribution in [0.3, 0.4) is 0 Å². The number of hydrogen-bond acceptors (Lipinski definition) is 5. The maximum atomic E-state index is 16.3. The molecular weight excluding hydrogens is 450 g/mol. The number of benzene rings is 1. The first-order valence-corrected chi connectivity index (χ1v) is 11.6. The van der Waals surface area contributed by atoms with E-state index >= 15 is 4.39 Å². The molecule has 7 rings (SSSR count). The van der Waals surface area contributed by atoms with Gasteiger partial charge in [-0.15, -0.1) is 0 Å². The average Bonchev–Trinajstić information content (AvgIpc) is 3.61. The van der Waals surface area contributed by atoms with Crippen LogP contribution in [0.4, 0.5) is 17.6 Å². The second kappa shape index (κ2) is 6.28. The molecule has 1 saturated heterocycles. The molecule has 178 valence electrons. The summed E-state index contributed by atoms with van der Waals surface area (Å²) in [6.07, 6.45) is -3.02. The number of alkyl halides is 3. The van der Waals surface area contributed by atoms with Gasteiger partial charge in [-0.05, 0) is 44.4 Å². The molecule has 4 heterocycles. The van der Waals surface area contributed by atoms with Crippen molar-refractivity contribution in [2.24, 2.45) is 5.92 Å². The summed E-state index contributed by atoms with van der Waals surface area (Å²) in [5.74, 6) is -0.704. The molecule has 2 aliphatic carbocycles. The summed E-state index contributed by atoms with van der Waals surface area (Å²) in [6, 6.07) is 1.73. The molecule has 2 saturated carbocycles. The molecule has 3 aromatic rings. The van der Waals surface area contributed by atoms with Gasteiger partial charge in [0.05, 0.1) is 23.0 Å². The molecule has 1 aromatic carbocycles. The van der Waals surface area contributed by atoms with E-state index in [2.05, 4.69) is 15.6 Å². The zero-order valence-electron chi connectivity index (χ0n) is 18.6. The number of phenols is 1. The van der Waals surface area contributed by atoms with E-state index in [-0.39, 0.29) is 40.4 Å². The summed E-state index contributed by atoms with van der Waals surface area (Å²) in [4.78, 5) is 4.54. The number of aromatic nitrogens is 3. The third kappa shape index (κ3) is 2.53. The van der Waals surface area contributed by atoms with Crippen molar-refractivity contribution in [1.82, 2.24) is 25.4 Å². The second-order valence-corrected chi connectivity index (χ2v) is 10.2. The number of halogens is 4. The Morgan fingerprint density at radius 1 is 1.21 bits per heavy atom. The highest BCUT2D eigenvalue weighted by Gasteiger charge is 2.70. The van der Waals surface area contributed by atoms with E-state index in [1.54, 1.807) is 4.68 Å². The van der Waals surface area contributed by atoms with Gasteiger partial charge in [-0.2, -0.15) is 18.3 Å². The van der Waals surface area contributed by atoms with Crippen molar-refractivity contribution in [3.63, 3.8) is 0 Å². The molecule has 6 nitrogen and oxygen atoms in total. The number of fused-ring (bicyclic) bond motifs is 2. The van der Waals surface area contributed by atoms with Gasteiger partial charge in [-0.3, -0.25) is 4.68 Å². The fourth-order valence-electron chi connectivity index (χ4n) is 6.52. The van der Waals surface area contributed by atoms with Gasteiger partial charge in [-0.25, -0.2) is 9.37 Å². The maximum Gasteiger partial charge on any atom is 0.417 e. The Hall–Kier alpha value is -2.72. The van der Waals surface area contributed by atoms with E-state index in [0.717, 1.165) is 43.8 Å². The van der Waals surface area contributed by atoms with Gasteiger partial charge >= 0.3 is 6.18 Å². The van der Waals surface area contributed by atoms with E-state index in [4.69, 9.17) is 5.10 Å². The zero-order chi connectivity index (χ0) is 23.7. The quantitative estimate of drug-likeness (QED) is 0.484. The number of rotatable bonds is 2. The fraction of sp³-hybridized carbons (Fsp3) is 0.500. The van der Waals surface area contributed by atoms with Crippen LogP contribution in [0.5, 0.6) is 5.75 Å². The standard InChI is InChI=1S/C24H23F4N5O/c1-9-5-12(34)6-13(16(9)24(26,27)28)20-18(25)22-15-19(30-20)10(2)31-23-8-29-7-14(23)17(23)21(15)32-33(22)11-3-4-11/h5-6,10-11,14,17,29,31,34H,3-4,7-8H2,1-2H3/t10?,14-,17?,23+/m1/s1. The molecule has 0 radical (unpaired) electrons. The van der Waals surface area contributed by atoms with Crippen molar-refractivity contribution >= 4 is 10.9 Å². The van der Waals surface area contributed by atoms with Crippen LogP contribution in [0.25, 0.3) is 22.2 Å². The molecule has 1 spiro atoms. The number of pyridine rings is 1. The first kappa shape index (κ1) is 20.6.